The van der Waals surface area contributed by atoms with E-state index in [0.29, 0.717) is 5.69 Å². The molecule has 0 amide bonds. The molecule has 13 heavy (non-hydrogen) atoms. The van der Waals surface area contributed by atoms with E-state index in [-0.39, 0.29) is 5.75 Å². The molecule has 0 aromatic heterocycles. The Kier molecular flexibility index (Phi) is 1.88. The van der Waals surface area contributed by atoms with Crippen molar-refractivity contribution >= 4 is 32.4 Å². The molecule has 0 aliphatic rings. The fourth-order valence-corrected chi connectivity index (χ4v) is 2.01. The second-order valence-electron chi connectivity index (χ2n) is 2.87. The van der Waals surface area contributed by atoms with Crippen LogP contribution in [0.3, 0.4) is 0 Å². The summed E-state index contributed by atoms with van der Waals surface area (Å²) in [6.07, 6.45) is 0. The van der Waals surface area contributed by atoms with Crippen molar-refractivity contribution in [3.63, 3.8) is 0 Å². The van der Waals surface area contributed by atoms with Gasteiger partial charge in [-0.15, -0.1) is 0 Å². The summed E-state index contributed by atoms with van der Waals surface area (Å²) in [5, 5.41) is 11.2. The largest absolute Gasteiger partial charge is 0.508 e. The van der Waals surface area contributed by atoms with Crippen LogP contribution in [0.4, 0.5) is 5.69 Å². The predicted octanol–water partition coefficient (Wildman–Crippen LogP) is 2.89. The summed E-state index contributed by atoms with van der Waals surface area (Å²) in [5.74, 6) is 0.197. The molecule has 2 nitrogen and oxygen atoms in total. The lowest BCUT2D eigenvalue weighted by Crippen LogP contribution is -1.87. The van der Waals surface area contributed by atoms with Crippen molar-refractivity contribution in [2.45, 2.75) is 0 Å². The molecule has 2 rings (SSSR count). The molecule has 0 radical (unpaired) electrons. The van der Waals surface area contributed by atoms with Gasteiger partial charge in [0.2, 0.25) is 0 Å². The van der Waals surface area contributed by atoms with Crippen LogP contribution in [-0.4, -0.2) is 5.11 Å². The van der Waals surface area contributed by atoms with Gasteiger partial charge in [-0.1, -0.05) is 28.1 Å². The Balaban J connectivity index is 2.94. The molecule has 3 heteroatoms. The lowest BCUT2D eigenvalue weighted by molar-refractivity contribution is 0.476. The number of phenols is 1. The molecule has 66 valence electrons. The maximum Gasteiger partial charge on any atom is 0.118 e. The van der Waals surface area contributed by atoms with E-state index in [2.05, 4.69) is 15.9 Å². The molecular weight excluding hydrogens is 230 g/mol. The number of nitrogens with two attached hydrogens (primary N) is 1. The zero-order valence-corrected chi connectivity index (χ0v) is 8.38. The maximum atomic E-state index is 9.31. The van der Waals surface area contributed by atoms with E-state index in [0.717, 1.165) is 15.2 Å². The van der Waals surface area contributed by atoms with Gasteiger partial charge in [0.05, 0.1) is 0 Å². The molecule has 0 saturated carbocycles. The first-order chi connectivity index (χ1) is 6.18. The van der Waals surface area contributed by atoms with Crippen molar-refractivity contribution in [2.75, 3.05) is 5.73 Å². The second-order valence-corrected chi connectivity index (χ2v) is 3.73. The number of benzene rings is 2. The Hall–Kier alpha value is -1.22. The van der Waals surface area contributed by atoms with Crippen LogP contribution in [0.15, 0.2) is 34.8 Å². The molecule has 0 fully saturated rings. The first-order valence-electron chi connectivity index (χ1n) is 3.85. The minimum absolute atomic E-state index is 0.197. The third-order valence-corrected chi connectivity index (χ3v) is 2.60. The van der Waals surface area contributed by atoms with Crippen LogP contribution in [0, 0.1) is 0 Å². The monoisotopic (exact) mass is 237 g/mol. The molecule has 0 spiro atoms. The van der Waals surface area contributed by atoms with Gasteiger partial charge >= 0.3 is 0 Å². The van der Waals surface area contributed by atoms with E-state index in [4.69, 9.17) is 5.73 Å². The zero-order valence-electron chi connectivity index (χ0n) is 6.79. The molecule has 2 aromatic rings. The number of fused-ring (bicyclic) bond motifs is 1. The number of anilines is 1. The smallest absolute Gasteiger partial charge is 0.118 e. The van der Waals surface area contributed by atoms with Gasteiger partial charge in [-0.05, 0) is 17.5 Å². The molecule has 2 aromatic carbocycles. The van der Waals surface area contributed by atoms with Crippen LogP contribution in [0.25, 0.3) is 10.8 Å². The summed E-state index contributed by atoms with van der Waals surface area (Å²) < 4.78 is 0.947. The van der Waals surface area contributed by atoms with Gasteiger partial charge in [0.25, 0.3) is 0 Å². The van der Waals surface area contributed by atoms with Crippen molar-refractivity contribution < 1.29 is 5.11 Å². The molecule has 3 N–H and O–H groups in total. The number of aromatic hydroxyl groups is 1. The summed E-state index contributed by atoms with van der Waals surface area (Å²) >= 11 is 3.41. The number of halogens is 1. The number of phenolic OH excluding ortho intramolecular Hbond substituents is 1. The third kappa shape index (κ3) is 1.35. The van der Waals surface area contributed by atoms with Crippen LogP contribution in [0.2, 0.25) is 0 Å². The Bertz CT molecular complexity index is 468. The van der Waals surface area contributed by atoms with Crippen LogP contribution >= 0.6 is 15.9 Å². The zero-order chi connectivity index (χ0) is 9.42. The van der Waals surface area contributed by atoms with Crippen LogP contribution in [0.5, 0.6) is 5.75 Å². The highest BCUT2D eigenvalue weighted by Crippen LogP contribution is 2.32. The molecule has 0 bridgehead atoms. The number of hydrogen-bond donors (Lipinski definition) is 2. The summed E-state index contributed by atoms with van der Waals surface area (Å²) in [7, 11) is 0. The summed E-state index contributed by atoms with van der Waals surface area (Å²) in [6.45, 7) is 0. The molecule has 0 heterocycles. The predicted molar refractivity (Wildman–Crippen MR) is 57.7 cm³/mol. The van der Waals surface area contributed by atoms with Gasteiger partial charge in [-0.3, -0.25) is 0 Å². The van der Waals surface area contributed by atoms with Gasteiger partial charge in [-0.2, -0.15) is 0 Å². The number of hydrogen-bond acceptors (Lipinski definition) is 2. The highest BCUT2D eigenvalue weighted by atomic mass is 79.9. The summed E-state index contributed by atoms with van der Waals surface area (Å²) in [6, 6.07) is 8.99. The van der Waals surface area contributed by atoms with Crippen LogP contribution in [0.1, 0.15) is 0 Å². The SMILES string of the molecule is Nc1cc(O)cc2cccc(Br)c12. The normalized spacial score (nSPS) is 10.5. The van der Waals surface area contributed by atoms with Gasteiger partial charge in [0, 0.05) is 21.6 Å². The van der Waals surface area contributed by atoms with Crippen molar-refractivity contribution in [1.29, 1.82) is 0 Å². The Morgan fingerprint density at radius 3 is 2.77 bits per heavy atom. The van der Waals surface area contributed by atoms with E-state index in [1.165, 1.54) is 0 Å². The maximum absolute atomic E-state index is 9.31. The first kappa shape index (κ1) is 8.38. The third-order valence-electron chi connectivity index (χ3n) is 1.94. The highest BCUT2D eigenvalue weighted by molar-refractivity contribution is 9.10. The lowest BCUT2D eigenvalue weighted by Gasteiger charge is -2.04. The fraction of sp³-hybridized carbons (Fsp3) is 0. The van der Waals surface area contributed by atoms with Gasteiger partial charge < -0.3 is 10.8 Å². The van der Waals surface area contributed by atoms with E-state index in [1.807, 2.05) is 18.2 Å². The van der Waals surface area contributed by atoms with E-state index in [1.54, 1.807) is 12.1 Å². The molecular formula is C10H8BrNO. The standard InChI is InChI=1S/C10H8BrNO/c11-8-3-1-2-6-4-7(13)5-9(12)10(6)8/h1-5,13H,12H2. The summed E-state index contributed by atoms with van der Waals surface area (Å²) in [4.78, 5) is 0. The molecule has 0 unspecified atom stereocenters. The lowest BCUT2D eigenvalue weighted by atomic mass is 10.1. The van der Waals surface area contributed by atoms with E-state index in [9.17, 15) is 5.11 Å². The van der Waals surface area contributed by atoms with Gasteiger partial charge in [0.1, 0.15) is 5.75 Å². The number of rotatable bonds is 0. The van der Waals surface area contributed by atoms with Gasteiger partial charge in [-0.25, -0.2) is 0 Å². The quantitative estimate of drug-likeness (QED) is 0.693. The second kappa shape index (κ2) is 2.92. The topological polar surface area (TPSA) is 46.2 Å². The highest BCUT2D eigenvalue weighted by Gasteiger charge is 2.03. The minimum atomic E-state index is 0.197. The number of nitrogen functional groups attached to an aromatic ring is 1. The first-order valence-corrected chi connectivity index (χ1v) is 4.64. The average molecular weight is 238 g/mol. The molecule has 0 saturated heterocycles. The molecule has 0 aliphatic carbocycles. The Labute approximate surface area is 84.1 Å². The van der Waals surface area contributed by atoms with Crippen molar-refractivity contribution in [3.05, 3.63) is 34.8 Å². The Morgan fingerprint density at radius 1 is 1.23 bits per heavy atom. The molecule has 0 atom stereocenters. The van der Waals surface area contributed by atoms with Crippen LogP contribution in [-0.2, 0) is 0 Å². The summed E-state index contributed by atoms with van der Waals surface area (Å²) in [5.41, 5.74) is 6.35. The van der Waals surface area contributed by atoms with Gasteiger partial charge in [0.15, 0.2) is 0 Å². The Morgan fingerprint density at radius 2 is 2.00 bits per heavy atom. The molecule has 0 aliphatic heterocycles. The van der Waals surface area contributed by atoms with E-state index >= 15 is 0 Å². The average Bonchev–Trinajstić information content (AvgIpc) is 2.02. The van der Waals surface area contributed by atoms with Crippen LogP contribution < -0.4 is 5.73 Å². The minimum Gasteiger partial charge on any atom is -0.508 e. The van der Waals surface area contributed by atoms with Crippen molar-refractivity contribution in [2.24, 2.45) is 0 Å². The van der Waals surface area contributed by atoms with Crippen molar-refractivity contribution in [1.82, 2.24) is 0 Å². The fourth-order valence-electron chi connectivity index (χ4n) is 1.40. The van der Waals surface area contributed by atoms with Crippen molar-refractivity contribution in [3.8, 4) is 5.75 Å². The van der Waals surface area contributed by atoms with E-state index < -0.39 is 0 Å².